The lowest BCUT2D eigenvalue weighted by molar-refractivity contribution is -0.123. The van der Waals surface area contributed by atoms with Crippen LogP contribution < -0.4 is 25.4 Å². The van der Waals surface area contributed by atoms with Crippen LogP contribution in [0.1, 0.15) is 25.0 Å². The number of para-hydroxylation sites is 1. The third kappa shape index (κ3) is 6.75. The molecule has 194 valence electrons. The minimum absolute atomic E-state index is 0.0244. The van der Waals surface area contributed by atoms with Crippen molar-refractivity contribution >= 4 is 23.5 Å². The van der Waals surface area contributed by atoms with E-state index in [1.807, 2.05) is 24.8 Å². The van der Waals surface area contributed by atoms with E-state index in [-0.39, 0.29) is 38.1 Å². The molecule has 1 fully saturated rings. The Kier molecular flexibility index (Phi) is 7.91. The van der Waals surface area contributed by atoms with Crippen LogP contribution in [0.2, 0.25) is 0 Å². The highest BCUT2D eigenvalue weighted by Gasteiger charge is 2.30. The predicted octanol–water partition coefficient (Wildman–Crippen LogP) is 0.794. The van der Waals surface area contributed by atoms with Crippen LogP contribution in [-0.2, 0) is 16.1 Å². The molecule has 4 rings (SSSR count). The van der Waals surface area contributed by atoms with Crippen LogP contribution in [0.25, 0.3) is 0 Å². The highest BCUT2D eigenvalue weighted by atomic mass is 16.5. The fourth-order valence-corrected chi connectivity index (χ4v) is 3.88. The van der Waals surface area contributed by atoms with Gasteiger partial charge in [0.05, 0.1) is 17.8 Å². The molecule has 0 aromatic heterocycles. The van der Waals surface area contributed by atoms with Gasteiger partial charge in [-0.05, 0) is 38.1 Å². The number of hydrogen-bond acceptors (Lipinski definition) is 9. The summed E-state index contributed by atoms with van der Waals surface area (Å²) in [5.74, 6) is 1.11. The number of nitrogens with zero attached hydrogens (tertiary/aromatic N) is 3. The molecule has 37 heavy (non-hydrogen) atoms. The lowest BCUT2D eigenvalue weighted by Crippen LogP contribution is -2.52. The highest BCUT2D eigenvalue weighted by Crippen LogP contribution is 2.34. The fourth-order valence-electron chi connectivity index (χ4n) is 3.88. The largest absolute Gasteiger partial charge is 0.489 e. The number of aliphatic imine (C=N–C) groups is 1. The number of carbonyl (C=O) groups excluding carboxylic acids is 2. The molecule has 0 aliphatic carbocycles. The molecule has 1 unspecified atom stereocenters. The smallest absolute Gasteiger partial charge is 0.258 e. The molecule has 1 atom stereocenters. The standard InChI is InChI=1S/C26H30N6O5/c1-26(2,29-11-18(33)14-36-21-8-4-3-6-17(21)10-27)16-28-24(35)15-37-22-9-5-7-20-19(22)12-32-13-23(34)31-25(32)30-20/h3-9,18,29,33H,11-16H2,1-2H3,(H,28,35)(H,30,31,34). The van der Waals surface area contributed by atoms with Crippen LogP contribution in [-0.4, -0.2) is 72.3 Å². The van der Waals surface area contributed by atoms with Crippen LogP contribution in [0.15, 0.2) is 47.5 Å². The molecule has 2 aliphatic rings. The normalized spacial score (nSPS) is 15.0. The van der Waals surface area contributed by atoms with Crippen molar-refractivity contribution in [1.29, 1.82) is 5.26 Å². The zero-order valence-electron chi connectivity index (χ0n) is 20.8. The summed E-state index contributed by atoms with van der Waals surface area (Å²) in [6.45, 7) is 4.91. The van der Waals surface area contributed by atoms with E-state index in [1.54, 1.807) is 36.4 Å². The molecule has 1 saturated heterocycles. The van der Waals surface area contributed by atoms with Gasteiger partial charge >= 0.3 is 0 Å². The summed E-state index contributed by atoms with van der Waals surface area (Å²) >= 11 is 0. The van der Waals surface area contributed by atoms with E-state index in [0.29, 0.717) is 41.8 Å². The van der Waals surface area contributed by atoms with E-state index >= 15 is 0 Å². The molecule has 4 N–H and O–H groups in total. The highest BCUT2D eigenvalue weighted by molar-refractivity contribution is 6.05. The van der Waals surface area contributed by atoms with Gasteiger partial charge in [-0.3, -0.25) is 14.9 Å². The van der Waals surface area contributed by atoms with Crippen LogP contribution >= 0.6 is 0 Å². The van der Waals surface area contributed by atoms with Gasteiger partial charge in [0.15, 0.2) is 6.61 Å². The lowest BCUT2D eigenvalue weighted by Gasteiger charge is -2.28. The lowest BCUT2D eigenvalue weighted by atomic mass is 10.1. The van der Waals surface area contributed by atoms with E-state index < -0.39 is 11.6 Å². The van der Waals surface area contributed by atoms with Gasteiger partial charge in [0.1, 0.15) is 36.8 Å². The minimum atomic E-state index is -0.807. The molecule has 0 radical (unpaired) electrons. The third-order valence-corrected chi connectivity index (χ3v) is 5.91. The van der Waals surface area contributed by atoms with Gasteiger partial charge < -0.3 is 30.1 Å². The van der Waals surface area contributed by atoms with Gasteiger partial charge in [-0.15, -0.1) is 0 Å². The molecular formula is C26H30N6O5. The maximum absolute atomic E-state index is 12.5. The molecular weight excluding hydrogens is 476 g/mol. The SMILES string of the molecule is CC(C)(CNC(=O)COc1cccc2c1CN1CC(=O)NC1=N2)NCC(O)COc1ccccc1C#N. The zero-order chi connectivity index (χ0) is 26.4. The second kappa shape index (κ2) is 11.3. The summed E-state index contributed by atoms with van der Waals surface area (Å²) < 4.78 is 11.3. The third-order valence-electron chi connectivity index (χ3n) is 5.91. The van der Waals surface area contributed by atoms with E-state index in [2.05, 4.69) is 27.0 Å². The van der Waals surface area contributed by atoms with Crippen molar-refractivity contribution in [2.24, 2.45) is 4.99 Å². The quantitative estimate of drug-likeness (QED) is 0.350. The first kappa shape index (κ1) is 25.9. The molecule has 2 heterocycles. The van der Waals surface area contributed by atoms with Gasteiger partial charge in [-0.1, -0.05) is 18.2 Å². The van der Waals surface area contributed by atoms with E-state index in [0.717, 1.165) is 5.56 Å². The van der Waals surface area contributed by atoms with E-state index in [9.17, 15) is 14.7 Å². The van der Waals surface area contributed by atoms with Gasteiger partial charge in [-0.2, -0.15) is 5.26 Å². The van der Waals surface area contributed by atoms with Crippen molar-refractivity contribution < 1.29 is 24.2 Å². The number of benzene rings is 2. The van der Waals surface area contributed by atoms with Crippen LogP contribution in [0.3, 0.4) is 0 Å². The van der Waals surface area contributed by atoms with E-state index in [1.165, 1.54) is 0 Å². The van der Waals surface area contributed by atoms with Crippen LogP contribution in [0.4, 0.5) is 5.69 Å². The van der Waals surface area contributed by atoms with Gasteiger partial charge in [0.25, 0.3) is 5.91 Å². The summed E-state index contributed by atoms with van der Waals surface area (Å²) in [5, 5.41) is 28.2. The van der Waals surface area contributed by atoms with Crippen molar-refractivity contribution in [3.05, 3.63) is 53.6 Å². The molecule has 2 aromatic carbocycles. The molecule has 0 spiro atoms. The molecule has 11 heteroatoms. The number of amides is 2. The Bertz CT molecular complexity index is 1240. The Hall–Kier alpha value is -4.14. The Balaban J connectivity index is 1.20. The maximum Gasteiger partial charge on any atom is 0.258 e. The number of fused-ring (bicyclic) bond motifs is 2. The number of hydrogen-bond donors (Lipinski definition) is 4. The Morgan fingerprint density at radius 1 is 1.22 bits per heavy atom. The number of β-amino-alcohol motifs (C(OH)–C–C–N with tert-alkyl or cyclic N) is 1. The first-order valence-corrected chi connectivity index (χ1v) is 11.9. The van der Waals surface area contributed by atoms with Crippen molar-refractivity contribution in [2.45, 2.75) is 32.0 Å². The topological polar surface area (TPSA) is 148 Å². The number of carbonyl (C=O) groups is 2. The zero-order valence-corrected chi connectivity index (χ0v) is 20.8. The predicted molar refractivity (Wildman–Crippen MR) is 135 cm³/mol. The monoisotopic (exact) mass is 506 g/mol. The second-order valence-electron chi connectivity index (χ2n) is 9.50. The van der Waals surface area contributed by atoms with Gasteiger partial charge in [0, 0.05) is 24.2 Å². The summed E-state index contributed by atoms with van der Waals surface area (Å²) in [4.78, 5) is 30.4. The fraction of sp³-hybridized carbons (Fsp3) is 0.385. The summed E-state index contributed by atoms with van der Waals surface area (Å²) in [5.41, 5.74) is 1.43. The molecule has 2 aromatic rings. The Morgan fingerprint density at radius 2 is 2.00 bits per heavy atom. The Morgan fingerprint density at radius 3 is 2.81 bits per heavy atom. The summed E-state index contributed by atoms with van der Waals surface area (Å²) in [6, 6.07) is 14.3. The maximum atomic E-state index is 12.5. The second-order valence-corrected chi connectivity index (χ2v) is 9.50. The van der Waals surface area contributed by atoms with Gasteiger partial charge in [-0.25, -0.2) is 4.99 Å². The minimum Gasteiger partial charge on any atom is -0.489 e. The Labute approximate surface area is 215 Å². The molecule has 0 saturated carbocycles. The first-order chi connectivity index (χ1) is 17.7. The number of guanidine groups is 1. The van der Waals surface area contributed by atoms with Gasteiger partial charge in [0.2, 0.25) is 11.9 Å². The van der Waals surface area contributed by atoms with Crippen LogP contribution in [0, 0.1) is 11.3 Å². The molecule has 2 aliphatic heterocycles. The molecule has 2 amide bonds. The van der Waals surface area contributed by atoms with Crippen molar-refractivity contribution in [3.63, 3.8) is 0 Å². The summed E-state index contributed by atoms with van der Waals surface area (Å²) in [6.07, 6.45) is -0.807. The average Bonchev–Trinajstić information content (AvgIpc) is 3.26. The number of nitrogens with one attached hydrogen (secondary N) is 3. The van der Waals surface area contributed by atoms with Crippen molar-refractivity contribution in [1.82, 2.24) is 20.9 Å². The first-order valence-electron chi connectivity index (χ1n) is 11.9. The number of aliphatic hydroxyl groups excluding tert-OH is 1. The molecule has 11 nitrogen and oxygen atoms in total. The average molecular weight is 507 g/mol. The molecule has 0 bridgehead atoms. The van der Waals surface area contributed by atoms with E-state index in [4.69, 9.17) is 14.7 Å². The number of aliphatic hydroxyl groups is 1. The van der Waals surface area contributed by atoms with Crippen molar-refractivity contribution in [3.8, 4) is 17.6 Å². The van der Waals surface area contributed by atoms with Crippen LogP contribution in [0.5, 0.6) is 11.5 Å². The number of nitriles is 1. The number of ether oxygens (including phenoxy) is 2. The number of rotatable bonds is 11. The van der Waals surface area contributed by atoms with Crippen molar-refractivity contribution in [2.75, 3.05) is 32.8 Å². The summed E-state index contributed by atoms with van der Waals surface area (Å²) in [7, 11) is 0.